The van der Waals surface area contributed by atoms with Crippen LogP contribution < -0.4 is 11.3 Å². The monoisotopic (exact) mass is 483 g/mol. The summed E-state index contributed by atoms with van der Waals surface area (Å²) in [6, 6.07) is 11.5. The molecule has 2 aromatic carbocycles. The lowest BCUT2D eigenvalue weighted by Gasteiger charge is -2.27. The number of ether oxygens (including phenoxy) is 1. The molecule has 5 rings (SSSR count). The second-order valence-electron chi connectivity index (χ2n) is 7.44. The van der Waals surface area contributed by atoms with E-state index < -0.39 is 11.3 Å². The number of halogens is 1. The van der Waals surface area contributed by atoms with Crippen LogP contribution in [0, 0.1) is 0 Å². The molecule has 0 bridgehead atoms. The Bertz CT molecular complexity index is 1420. The van der Waals surface area contributed by atoms with Crippen molar-refractivity contribution < 1.29 is 18.7 Å². The SMILES string of the molecule is O=c1cc(-c2cc3cc(Br)ccc3oc2=O)c2ccc(O)c(CN3CCOCC3)c2o1. The zero-order valence-corrected chi connectivity index (χ0v) is 18.0. The molecule has 1 N–H and O–H groups in total. The molecule has 0 saturated carbocycles. The summed E-state index contributed by atoms with van der Waals surface area (Å²) >= 11 is 3.42. The summed E-state index contributed by atoms with van der Waals surface area (Å²) < 4.78 is 17.2. The van der Waals surface area contributed by atoms with Crippen molar-refractivity contribution in [1.29, 1.82) is 0 Å². The normalized spacial score (nSPS) is 15.0. The van der Waals surface area contributed by atoms with E-state index in [0.717, 1.165) is 9.86 Å². The summed E-state index contributed by atoms with van der Waals surface area (Å²) in [5.41, 5.74) is 0.732. The molecule has 0 atom stereocenters. The molecule has 1 saturated heterocycles. The van der Waals surface area contributed by atoms with Crippen molar-refractivity contribution in [3.63, 3.8) is 0 Å². The molecule has 2 aromatic heterocycles. The fourth-order valence-corrected chi connectivity index (χ4v) is 4.29. The van der Waals surface area contributed by atoms with E-state index >= 15 is 0 Å². The van der Waals surface area contributed by atoms with Gasteiger partial charge in [0.1, 0.15) is 16.9 Å². The molecule has 0 radical (unpaired) electrons. The number of phenols is 1. The van der Waals surface area contributed by atoms with E-state index in [1.54, 1.807) is 30.3 Å². The molecule has 1 aliphatic rings. The molecule has 1 aliphatic heterocycles. The Morgan fingerprint density at radius 3 is 2.58 bits per heavy atom. The zero-order chi connectivity index (χ0) is 21.5. The number of morpholine rings is 1. The topological polar surface area (TPSA) is 93.1 Å². The number of aromatic hydroxyl groups is 1. The lowest BCUT2D eigenvalue weighted by atomic mass is 9.99. The Hall–Kier alpha value is -2.94. The average Bonchev–Trinajstić information content (AvgIpc) is 2.76. The lowest BCUT2D eigenvalue weighted by Crippen LogP contribution is -2.35. The molecule has 158 valence electrons. The molecule has 7 nitrogen and oxygen atoms in total. The third-order valence-electron chi connectivity index (χ3n) is 5.46. The first kappa shape index (κ1) is 20.0. The highest BCUT2D eigenvalue weighted by molar-refractivity contribution is 9.10. The minimum Gasteiger partial charge on any atom is -0.507 e. The van der Waals surface area contributed by atoms with Crippen molar-refractivity contribution in [2.75, 3.05) is 26.3 Å². The summed E-state index contributed by atoms with van der Waals surface area (Å²) in [5.74, 6) is 0.0359. The highest BCUT2D eigenvalue weighted by Gasteiger charge is 2.20. The van der Waals surface area contributed by atoms with E-state index in [9.17, 15) is 14.7 Å². The molecule has 1 fully saturated rings. The zero-order valence-electron chi connectivity index (χ0n) is 16.4. The van der Waals surface area contributed by atoms with E-state index in [2.05, 4.69) is 20.8 Å². The van der Waals surface area contributed by atoms with Gasteiger partial charge in [0.2, 0.25) is 0 Å². The van der Waals surface area contributed by atoms with Gasteiger partial charge in [0, 0.05) is 46.5 Å². The van der Waals surface area contributed by atoms with Crippen LogP contribution in [0.1, 0.15) is 5.56 Å². The maximum absolute atomic E-state index is 12.8. The van der Waals surface area contributed by atoms with E-state index in [0.29, 0.717) is 54.9 Å². The summed E-state index contributed by atoms with van der Waals surface area (Å²) in [5, 5.41) is 11.8. The van der Waals surface area contributed by atoms with E-state index in [1.165, 1.54) is 6.07 Å². The fraction of sp³-hybridized carbons (Fsp3) is 0.217. The van der Waals surface area contributed by atoms with Crippen LogP contribution in [0.3, 0.4) is 0 Å². The van der Waals surface area contributed by atoms with Gasteiger partial charge in [-0.2, -0.15) is 0 Å². The molecule has 8 heteroatoms. The highest BCUT2D eigenvalue weighted by Crippen LogP contribution is 2.34. The fourth-order valence-electron chi connectivity index (χ4n) is 3.91. The molecule has 0 spiro atoms. The first-order chi connectivity index (χ1) is 15.0. The number of hydrogen-bond acceptors (Lipinski definition) is 7. The third kappa shape index (κ3) is 3.78. The molecule has 4 aromatic rings. The van der Waals surface area contributed by atoms with Crippen molar-refractivity contribution in [1.82, 2.24) is 4.90 Å². The van der Waals surface area contributed by atoms with Gasteiger partial charge in [0.25, 0.3) is 0 Å². The summed E-state index contributed by atoms with van der Waals surface area (Å²) in [7, 11) is 0. The third-order valence-corrected chi connectivity index (χ3v) is 5.95. The number of benzene rings is 2. The van der Waals surface area contributed by atoms with Gasteiger partial charge in [-0.1, -0.05) is 15.9 Å². The summed E-state index contributed by atoms with van der Waals surface area (Å²) in [6.45, 7) is 3.03. The first-order valence-electron chi connectivity index (χ1n) is 9.82. The Labute approximate surface area is 184 Å². The van der Waals surface area contributed by atoms with Gasteiger partial charge in [-0.15, -0.1) is 0 Å². The molecule has 31 heavy (non-hydrogen) atoms. The number of hydrogen-bond donors (Lipinski definition) is 1. The van der Waals surface area contributed by atoms with Crippen LogP contribution in [0.4, 0.5) is 0 Å². The van der Waals surface area contributed by atoms with Gasteiger partial charge in [0.05, 0.1) is 24.3 Å². The maximum atomic E-state index is 12.8. The molecule has 0 unspecified atom stereocenters. The van der Waals surface area contributed by atoms with E-state index in [-0.39, 0.29) is 16.9 Å². The van der Waals surface area contributed by atoms with E-state index in [4.69, 9.17) is 13.6 Å². The van der Waals surface area contributed by atoms with Crippen LogP contribution in [0.5, 0.6) is 5.75 Å². The second-order valence-corrected chi connectivity index (χ2v) is 8.35. The predicted octanol–water partition coefficient (Wildman–Crippen LogP) is 3.87. The highest BCUT2D eigenvalue weighted by atomic mass is 79.9. The smallest absolute Gasteiger partial charge is 0.344 e. The van der Waals surface area contributed by atoms with Crippen LogP contribution in [-0.2, 0) is 11.3 Å². The Balaban J connectivity index is 1.72. The van der Waals surface area contributed by atoms with Crippen LogP contribution in [0.15, 0.2) is 65.4 Å². The molecule has 0 aliphatic carbocycles. The molecule has 3 heterocycles. The Kier molecular flexibility index (Phi) is 5.13. The van der Waals surface area contributed by atoms with Crippen molar-refractivity contribution in [3.05, 3.63) is 73.3 Å². The minimum atomic E-state index is -0.606. The number of fused-ring (bicyclic) bond motifs is 2. The quantitative estimate of drug-likeness (QED) is 0.442. The predicted molar refractivity (Wildman–Crippen MR) is 119 cm³/mol. The van der Waals surface area contributed by atoms with Gasteiger partial charge in [-0.05, 0) is 36.4 Å². The molecular weight excluding hydrogens is 466 g/mol. The molecular formula is C23H18BrNO6. The van der Waals surface area contributed by atoms with Crippen LogP contribution >= 0.6 is 15.9 Å². The Morgan fingerprint density at radius 2 is 1.77 bits per heavy atom. The summed E-state index contributed by atoms with van der Waals surface area (Å²) in [6.07, 6.45) is 0. The van der Waals surface area contributed by atoms with Crippen LogP contribution in [0.25, 0.3) is 33.1 Å². The Morgan fingerprint density at radius 1 is 0.968 bits per heavy atom. The minimum absolute atomic E-state index is 0.0359. The van der Waals surface area contributed by atoms with Crippen LogP contribution in [-0.4, -0.2) is 36.3 Å². The summed E-state index contributed by atoms with van der Waals surface area (Å²) in [4.78, 5) is 27.3. The second kappa shape index (κ2) is 7.96. The molecule has 0 amide bonds. The number of phenolic OH excluding ortho intramolecular Hbond substituents is 1. The van der Waals surface area contributed by atoms with Crippen molar-refractivity contribution in [2.45, 2.75) is 6.54 Å². The maximum Gasteiger partial charge on any atom is 0.344 e. The van der Waals surface area contributed by atoms with Gasteiger partial charge in [0.15, 0.2) is 0 Å². The van der Waals surface area contributed by atoms with Gasteiger partial charge < -0.3 is 18.7 Å². The standard InChI is InChI=1S/C23H18BrNO6/c24-14-1-4-20-13(9-14)10-17(23(28)30-20)16-11-21(27)31-22-15(16)2-3-19(26)18(22)12-25-5-7-29-8-6-25/h1-4,9-11,26H,5-8,12H2. The number of rotatable bonds is 3. The largest absolute Gasteiger partial charge is 0.507 e. The van der Waals surface area contributed by atoms with Gasteiger partial charge in [-0.3, -0.25) is 4.90 Å². The van der Waals surface area contributed by atoms with Crippen molar-refractivity contribution in [2.24, 2.45) is 0 Å². The van der Waals surface area contributed by atoms with Crippen LogP contribution in [0.2, 0.25) is 0 Å². The number of nitrogens with zero attached hydrogens (tertiary/aromatic N) is 1. The average molecular weight is 484 g/mol. The van der Waals surface area contributed by atoms with Gasteiger partial charge in [-0.25, -0.2) is 9.59 Å². The first-order valence-corrected chi connectivity index (χ1v) is 10.6. The van der Waals surface area contributed by atoms with Crippen molar-refractivity contribution >= 4 is 37.9 Å². The van der Waals surface area contributed by atoms with Gasteiger partial charge >= 0.3 is 11.3 Å². The van der Waals surface area contributed by atoms with Crippen molar-refractivity contribution in [3.8, 4) is 16.9 Å². The van der Waals surface area contributed by atoms with E-state index in [1.807, 2.05) is 6.07 Å². The lowest BCUT2D eigenvalue weighted by molar-refractivity contribution is 0.0339.